The molecule has 0 aliphatic carbocycles. The van der Waals surface area contributed by atoms with Crippen molar-refractivity contribution >= 4 is 17.7 Å². The van der Waals surface area contributed by atoms with Gasteiger partial charge in [0.1, 0.15) is 5.75 Å². The molecular formula is C14H20O4S. The number of ether oxygens (including phenoxy) is 1. The van der Waals surface area contributed by atoms with Crippen LogP contribution in [0.4, 0.5) is 0 Å². The largest absolute Gasteiger partial charge is 0.494 e. The maximum Gasteiger partial charge on any atom is 0.335 e. The van der Waals surface area contributed by atoms with Crippen molar-refractivity contribution in [1.82, 2.24) is 0 Å². The first-order valence-electron chi connectivity index (χ1n) is 6.28. The van der Waals surface area contributed by atoms with E-state index in [0.29, 0.717) is 18.3 Å². The number of hydrogen-bond acceptors (Lipinski definition) is 4. The zero-order valence-corrected chi connectivity index (χ0v) is 11.9. The molecule has 0 aromatic heterocycles. The maximum absolute atomic E-state index is 10.8. The Morgan fingerprint density at radius 3 is 2.95 bits per heavy atom. The Labute approximate surface area is 117 Å². The lowest BCUT2D eigenvalue weighted by Crippen LogP contribution is -2.05. The highest BCUT2D eigenvalue weighted by Crippen LogP contribution is 2.14. The van der Waals surface area contributed by atoms with Gasteiger partial charge < -0.3 is 14.9 Å². The van der Waals surface area contributed by atoms with Crippen molar-refractivity contribution in [2.24, 2.45) is 5.92 Å². The molecule has 19 heavy (non-hydrogen) atoms. The average molecular weight is 284 g/mol. The van der Waals surface area contributed by atoms with Gasteiger partial charge in [0, 0.05) is 6.61 Å². The Kier molecular flexibility index (Phi) is 7.36. The molecule has 1 rings (SSSR count). The van der Waals surface area contributed by atoms with E-state index in [1.165, 1.54) is 6.07 Å². The lowest BCUT2D eigenvalue weighted by Gasteiger charge is -2.08. The number of aliphatic hydroxyl groups excluding tert-OH is 1. The predicted octanol–water partition coefficient (Wildman–Crippen LogP) is 2.52. The van der Waals surface area contributed by atoms with Crippen LogP contribution in [0, 0.1) is 5.92 Å². The van der Waals surface area contributed by atoms with Crippen molar-refractivity contribution in [3.8, 4) is 5.75 Å². The van der Waals surface area contributed by atoms with Crippen molar-refractivity contribution in [2.75, 3.05) is 24.7 Å². The van der Waals surface area contributed by atoms with Crippen LogP contribution in [-0.4, -0.2) is 40.9 Å². The van der Waals surface area contributed by atoms with Crippen molar-refractivity contribution in [2.45, 2.75) is 13.3 Å². The van der Waals surface area contributed by atoms with E-state index in [4.69, 9.17) is 14.9 Å². The smallest absolute Gasteiger partial charge is 0.335 e. The minimum atomic E-state index is -0.945. The molecule has 0 saturated heterocycles. The number of benzene rings is 1. The lowest BCUT2D eigenvalue weighted by molar-refractivity contribution is 0.0696. The normalized spacial score (nSPS) is 12.1. The third-order valence-corrected chi connectivity index (χ3v) is 3.88. The Hall–Kier alpha value is -1.20. The lowest BCUT2D eigenvalue weighted by atomic mass is 10.2. The van der Waals surface area contributed by atoms with E-state index >= 15 is 0 Å². The van der Waals surface area contributed by atoms with Gasteiger partial charge in [0.2, 0.25) is 0 Å². The molecule has 0 heterocycles. The summed E-state index contributed by atoms with van der Waals surface area (Å²) in [5.41, 5.74) is 0.239. The van der Waals surface area contributed by atoms with Crippen molar-refractivity contribution < 1.29 is 19.7 Å². The Bertz CT molecular complexity index is 395. The van der Waals surface area contributed by atoms with Crippen LogP contribution < -0.4 is 4.74 Å². The molecule has 0 aliphatic heterocycles. The van der Waals surface area contributed by atoms with Gasteiger partial charge in [-0.15, -0.1) is 0 Å². The molecule has 0 spiro atoms. The molecule has 2 N–H and O–H groups in total. The van der Waals surface area contributed by atoms with Crippen LogP contribution in [0.25, 0.3) is 0 Å². The summed E-state index contributed by atoms with van der Waals surface area (Å²) in [6, 6.07) is 6.51. The maximum atomic E-state index is 10.8. The van der Waals surface area contributed by atoms with Crippen LogP contribution in [0.3, 0.4) is 0 Å². The fourth-order valence-corrected chi connectivity index (χ4v) is 2.40. The van der Waals surface area contributed by atoms with Crippen LogP contribution >= 0.6 is 11.8 Å². The van der Waals surface area contributed by atoms with E-state index in [9.17, 15) is 4.79 Å². The summed E-state index contributed by atoms with van der Waals surface area (Å²) in [6.07, 6.45) is 0.903. The monoisotopic (exact) mass is 284 g/mol. The number of thioether (sulfide) groups is 1. The number of carbonyl (C=O) groups is 1. The second-order valence-corrected chi connectivity index (χ2v) is 5.55. The van der Waals surface area contributed by atoms with Gasteiger partial charge in [-0.2, -0.15) is 11.8 Å². The van der Waals surface area contributed by atoms with Crippen molar-refractivity contribution in [1.29, 1.82) is 0 Å². The average Bonchev–Trinajstić information content (AvgIpc) is 2.42. The van der Waals surface area contributed by atoms with E-state index in [0.717, 1.165) is 17.9 Å². The number of carboxylic acids is 1. The number of aliphatic hydroxyl groups is 1. The molecule has 0 aliphatic rings. The number of hydrogen-bond donors (Lipinski definition) is 2. The minimum absolute atomic E-state index is 0.228. The molecule has 5 heteroatoms. The molecule has 0 fully saturated rings. The van der Waals surface area contributed by atoms with E-state index < -0.39 is 5.97 Å². The Morgan fingerprint density at radius 1 is 1.47 bits per heavy atom. The van der Waals surface area contributed by atoms with E-state index in [2.05, 4.69) is 0 Å². The summed E-state index contributed by atoms with van der Waals surface area (Å²) in [5, 5.41) is 17.7. The van der Waals surface area contributed by atoms with Crippen molar-refractivity contribution in [3.05, 3.63) is 29.8 Å². The minimum Gasteiger partial charge on any atom is -0.494 e. The zero-order chi connectivity index (χ0) is 14.1. The summed E-state index contributed by atoms with van der Waals surface area (Å²) in [6.45, 7) is 2.82. The summed E-state index contributed by atoms with van der Waals surface area (Å²) in [5.74, 6) is 1.90. The van der Waals surface area contributed by atoms with Gasteiger partial charge >= 0.3 is 5.97 Å². The third kappa shape index (κ3) is 6.50. The SMILES string of the molecule is CC(CO)CSCCCOc1cccc(C(=O)O)c1. The van der Waals surface area contributed by atoms with Gasteiger partial charge in [0.25, 0.3) is 0 Å². The molecule has 106 valence electrons. The highest BCUT2D eigenvalue weighted by molar-refractivity contribution is 7.99. The summed E-state index contributed by atoms with van der Waals surface area (Å²) in [4.78, 5) is 10.8. The summed E-state index contributed by atoms with van der Waals surface area (Å²) < 4.78 is 5.50. The van der Waals surface area contributed by atoms with E-state index in [-0.39, 0.29) is 12.2 Å². The molecule has 0 radical (unpaired) electrons. The second-order valence-electron chi connectivity index (χ2n) is 4.40. The molecule has 0 bridgehead atoms. The molecule has 1 aromatic carbocycles. The van der Waals surface area contributed by atoms with Gasteiger partial charge in [0.15, 0.2) is 0 Å². The molecule has 1 atom stereocenters. The third-order valence-electron chi connectivity index (χ3n) is 2.50. The first-order valence-corrected chi connectivity index (χ1v) is 7.43. The molecule has 0 amide bonds. The van der Waals surface area contributed by atoms with Gasteiger partial charge in [0.05, 0.1) is 12.2 Å². The first kappa shape index (κ1) is 15.9. The Balaban J connectivity index is 2.19. The Morgan fingerprint density at radius 2 is 2.26 bits per heavy atom. The van der Waals surface area contributed by atoms with Gasteiger partial charge in [-0.1, -0.05) is 13.0 Å². The summed E-state index contributed by atoms with van der Waals surface area (Å²) in [7, 11) is 0. The van der Waals surface area contributed by atoms with E-state index in [1.807, 2.05) is 6.92 Å². The standard InChI is InChI=1S/C14H20O4S/c1-11(9-15)10-19-7-3-6-18-13-5-2-4-12(8-13)14(16)17/h2,4-5,8,11,15H,3,6-7,9-10H2,1H3,(H,16,17). The molecule has 4 nitrogen and oxygen atoms in total. The van der Waals surface area contributed by atoms with Gasteiger partial charge in [-0.3, -0.25) is 0 Å². The molecule has 0 saturated carbocycles. The van der Waals surface area contributed by atoms with E-state index in [1.54, 1.807) is 30.0 Å². The van der Waals surface area contributed by atoms with Crippen LogP contribution in [0.2, 0.25) is 0 Å². The van der Waals surface area contributed by atoms with Gasteiger partial charge in [-0.05, 0) is 42.0 Å². The molecular weight excluding hydrogens is 264 g/mol. The van der Waals surface area contributed by atoms with Crippen LogP contribution in [0.5, 0.6) is 5.75 Å². The van der Waals surface area contributed by atoms with Crippen molar-refractivity contribution in [3.63, 3.8) is 0 Å². The number of aromatic carboxylic acids is 1. The van der Waals surface area contributed by atoms with Crippen LogP contribution in [-0.2, 0) is 0 Å². The number of carboxylic acid groups (broad SMARTS) is 1. The predicted molar refractivity (Wildman–Crippen MR) is 77.1 cm³/mol. The first-order chi connectivity index (χ1) is 9.13. The van der Waals surface area contributed by atoms with Crippen LogP contribution in [0.15, 0.2) is 24.3 Å². The topological polar surface area (TPSA) is 66.8 Å². The fourth-order valence-electron chi connectivity index (χ4n) is 1.41. The zero-order valence-electron chi connectivity index (χ0n) is 11.0. The fraction of sp³-hybridized carbons (Fsp3) is 0.500. The second kappa shape index (κ2) is 8.82. The highest BCUT2D eigenvalue weighted by Gasteiger charge is 2.04. The quantitative estimate of drug-likeness (QED) is 0.682. The molecule has 1 aromatic rings. The van der Waals surface area contributed by atoms with Crippen LogP contribution in [0.1, 0.15) is 23.7 Å². The highest BCUT2D eigenvalue weighted by atomic mass is 32.2. The molecule has 1 unspecified atom stereocenters. The summed E-state index contributed by atoms with van der Waals surface area (Å²) >= 11 is 1.80. The van der Waals surface area contributed by atoms with Gasteiger partial charge in [-0.25, -0.2) is 4.79 Å². The number of rotatable bonds is 9.